The van der Waals surface area contributed by atoms with Crippen molar-refractivity contribution < 1.29 is 14.7 Å². The van der Waals surface area contributed by atoms with Crippen LogP contribution in [0.2, 0.25) is 0 Å². The Morgan fingerprint density at radius 2 is 2.10 bits per heavy atom. The zero-order chi connectivity index (χ0) is 15.2. The number of thioether (sulfide) groups is 1. The number of hydrogen-bond donors (Lipinski definition) is 2. The Kier molecular flexibility index (Phi) is 4.98. The van der Waals surface area contributed by atoms with E-state index < -0.39 is 11.9 Å². The van der Waals surface area contributed by atoms with E-state index in [1.54, 1.807) is 35.7 Å². The number of hydrogen-bond acceptors (Lipinski definition) is 5. The highest BCUT2D eigenvalue weighted by atomic mass is 32.2. The van der Waals surface area contributed by atoms with Crippen LogP contribution in [0.5, 0.6) is 0 Å². The van der Waals surface area contributed by atoms with Crippen molar-refractivity contribution in [3.63, 3.8) is 0 Å². The van der Waals surface area contributed by atoms with Crippen LogP contribution in [0.4, 0.5) is 5.69 Å². The smallest absolute Gasteiger partial charge is 0.348 e. The molecule has 0 atom stereocenters. The molecule has 0 bridgehead atoms. The van der Waals surface area contributed by atoms with Crippen molar-refractivity contribution in [2.45, 2.75) is 4.90 Å². The fourth-order valence-corrected chi connectivity index (χ4v) is 3.05. The number of carboxylic acid groups (broad SMARTS) is 1. The Bertz CT molecular complexity index is 719. The van der Waals surface area contributed by atoms with E-state index >= 15 is 0 Å². The molecule has 106 valence electrons. The van der Waals surface area contributed by atoms with Gasteiger partial charge in [-0.05, 0) is 23.6 Å². The molecule has 2 N–H and O–H groups in total. The average Bonchev–Trinajstić information content (AvgIpc) is 2.93. The van der Waals surface area contributed by atoms with Crippen LogP contribution in [-0.2, 0) is 0 Å². The summed E-state index contributed by atoms with van der Waals surface area (Å²) >= 11 is 2.31. The van der Waals surface area contributed by atoms with Gasteiger partial charge in [0.05, 0.1) is 23.1 Å². The van der Waals surface area contributed by atoms with Crippen molar-refractivity contribution >= 4 is 40.7 Å². The second-order valence-electron chi connectivity index (χ2n) is 3.87. The van der Waals surface area contributed by atoms with Crippen molar-refractivity contribution in [3.8, 4) is 6.07 Å². The summed E-state index contributed by atoms with van der Waals surface area (Å²) in [6.07, 6.45) is 0. The van der Waals surface area contributed by atoms with Gasteiger partial charge in [0.1, 0.15) is 4.88 Å². The van der Waals surface area contributed by atoms with Gasteiger partial charge in [0.2, 0.25) is 0 Å². The summed E-state index contributed by atoms with van der Waals surface area (Å²) in [7, 11) is 0. The Hall–Kier alpha value is -2.30. The van der Waals surface area contributed by atoms with E-state index in [1.807, 2.05) is 6.07 Å². The molecule has 0 fully saturated rings. The molecular weight excluding hydrogens is 308 g/mol. The Morgan fingerprint density at radius 1 is 1.33 bits per heavy atom. The topological polar surface area (TPSA) is 90.2 Å². The number of amides is 1. The molecule has 5 nitrogen and oxygen atoms in total. The number of nitrogens with one attached hydrogen (secondary N) is 1. The van der Waals surface area contributed by atoms with Crippen LogP contribution in [0.15, 0.2) is 40.6 Å². The minimum Gasteiger partial charge on any atom is -0.477 e. The normalized spacial score (nSPS) is 9.86. The van der Waals surface area contributed by atoms with Crippen LogP contribution >= 0.6 is 23.1 Å². The zero-order valence-corrected chi connectivity index (χ0v) is 12.3. The first kappa shape index (κ1) is 15.1. The van der Waals surface area contributed by atoms with E-state index in [2.05, 4.69) is 5.32 Å². The summed E-state index contributed by atoms with van der Waals surface area (Å²) in [6, 6.07) is 10.5. The first-order valence-electron chi connectivity index (χ1n) is 5.84. The number of aromatic carboxylic acids is 1. The minimum absolute atomic E-state index is 0.0884. The molecule has 0 saturated carbocycles. The molecule has 1 heterocycles. The Balaban J connectivity index is 2.23. The Morgan fingerprint density at radius 3 is 2.81 bits per heavy atom. The van der Waals surface area contributed by atoms with Crippen LogP contribution in [0.1, 0.15) is 20.0 Å². The maximum absolute atomic E-state index is 12.3. The number of carboxylic acids is 1. The predicted molar refractivity (Wildman–Crippen MR) is 82.0 cm³/mol. The van der Waals surface area contributed by atoms with Crippen molar-refractivity contribution in [1.29, 1.82) is 5.26 Å². The first-order valence-corrected chi connectivity index (χ1v) is 7.71. The minimum atomic E-state index is -1.08. The molecule has 7 heteroatoms. The van der Waals surface area contributed by atoms with E-state index in [0.717, 1.165) is 11.3 Å². The third kappa shape index (κ3) is 3.62. The van der Waals surface area contributed by atoms with E-state index in [1.165, 1.54) is 11.8 Å². The van der Waals surface area contributed by atoms with E-state index in [0.29, 0.717) is 10.5 Å². The predicted octanol–water partition coefficient (Wildman–Crippen LogP) is 3.31. The number of nitrogens with zero attached hydrogens (tertiary/aromatic N) is 1. The number of benzene rings is 1. The monoisotopic (exact) mass is 318 g/mol. The fraction of sp³-hybridized carbons (Fsp3) is 0.0714. The van der Waals surface area contributed by atoms with Crippen LogP contribution in [0.3, 0.4) is 0 Å². The van der Waals surface area contributed by atoms with Crippen molar-refractivity contribution in [2.24, 2.45) is 0 Å². The quantitative estimate of drug-likeness (QED) is 0.825. The summed E-state index contributed by atoms with van der Waals surface area (Å²) in [5.74, 6) is -1.23. The highest BCUT2D eigenvalue weighted by Crippen LogP contribution is 2.26. The van der Waals surface area contributed by atoms with Gasteiger partial charge in [-0.25, -0.2) is 4.79 Å². The number of anilines is 1. The number of thiophene rings is 1. The molecule has 1 amide bonds. The molecule has 2 aromatic rings. The van der Waals surface area contributed by atoms with Crippen LogP contribution < -0.4 is 5.32 Å². The van der Waals surface area contributed by atoms with Gasteiger partial charge < -0.3 is 10.4 Å². The van der Waals surface area contributed by atoms with Gasteiger partial charge in [0.25, 0.3) is 5.91 Å². The highest BCUT2D eigenvalue weighted by molar-refractivity contribution is 7.99. The maximum Gasteiger partial charge on any atom is 0.348 e. The lowest BCUT2D eigenvalue weighted by Crippen LogP contribution is -2.14. The first-order chi connectivity index (χ1) is 10.1. The summed E-state index contributed by atoms with van der Waals surface area (Å²) < 4.78 is 0. The van der Waals surface area contributed by atoms with Crippen LogP contribution in [0.25, 0.3) is 0 Å². The van der Waals surface area contributed by atoms with Gasteiger partial charge in [-0.15, -0.1) is 23.1 Å². The Labute approximate surface area is 129 Å². The van der Waals surface area contributed by atoms with Crippen LogP contribution in [0, 0.1) is 11.3 Å². The van der Waals surface area contributed by atoms with Gasteiger partial charge >= 0.3 is 5.97 Å². The molecule has 0 aliphatic carbocycles. The lowest BCUT2D eigenvalue weighted by molar-refractivity contribution is 0.0703. The van der Waals surface area contributed by atoms with Gasteiger partial charge in [-0.3, -0.25) is 4.79 Å². The molecule has 0 unspecified atom stereocenters. The second-order valence-corrected chi connectivity index (χ2v) is 5.80. The van der Waals surface area contributed by atoms with E-state index in [-0.39, 0.29) is 16.3 Å². The van der Waals surface area contributed by atoms with E-state index in [4.69, 9.17) is 10.4 Å². The third-order valence-corrected chi connectivity index (χ3v) is 4.37. The average molecular weight is 318 g/mol. The molecule has 1 aromatic heterocycles. The third-order valence-electron chi connectivity index (χ3n) is 2.53. The van der Waals surface area contributed by atoms with Gasteiger partial charge in [0.15, 0.2) is 0 Å². The largest absolute Gasteiger partial charge is 0.477 e. The molecule has 0 spiro atoms. The molecule has 21 heavy (non-hydrogen) atoms. The summed E-state index contributed by atoms with van der Waals surface area (Å²) in [5, 5.41) is 21.9. The number of carbonyl (C=O) groups is 2. The van der Waals surface area contributed by atoms with Crippen molar-refractivity contribution in [3.05, 3.63) is 46.2 Å². The highest BCUT2D eigenvalue weighted by Gasteiger charge is 2.16. The summed E-state index contributed by atoms with van der Waals surface area (Å²) in [4.78, 5) is 24.1. The molecule has 0 aliphatic rings. The number of carbonyl (C=O) groups excluding carboxylic acids is 1. The SMILES string of the molecule is N#CCSc1ccccc1C(=O)Nc1ccsc1C(=O)O. The number of nitriles is 1. The van der Waals surface area contributed by atoms with Crippen LogP contribution in [-0.4, -0.2) is 22.7 Å². The second kappa shape index (κ2) is 6.92. The molecule has 0 saturated heterocycles. The maximum atomic E-state index is 12.3. The molecule has 1 aromatic carbocycles. The standard InChI is InChI=1S/C14H10N2O3S2/c15-6-8-20-11-4-2-1-3-9(11)13(17)16-10-5-7-21-12(10)14(18)19/h1-5,7H,8H2,(H,16,17)(H,18,19). The van der Waals surface area contributed by atoms with Gasteiger partial charge in [-0.2, -0.15) is 5.26 Å². The molecular formula is C14H10N2O3S2. The van der Waals surface area contributed by atoms with Gasteiger partial charge in [0, 0.05) is 4.90 Å². The molecule has 2 rings (SSSR count). The lowest BCUT2D eigenvalue weighted by atomic mass is 10.2. The molecule has 0 aliphatic heterocycles. The van der Waals surface area contributed by atoms with Crippen molar-refractivity contribution in [2.75, 3.05) is 11.1 Å². The number of rotatable bonds is 5. The zero-order valence-electron chi connectivity index (χ0n) is 10.7. The van der Waals surface area contributed by atoms with Gasteiger partial charge in [-0.1, -0.05) is 12.1 Å². The molecule has 0 radical (unpaired) electrons. The van der Waals surface area contributed by atoms with E-state index in [9.17, 15) is 9.59 Å². The summed E-state index contributed by atoms with van der Waals surface area (Å²) in [5.41, 5.74) is 0.692. The van der Waals surface area contributed by atoms with Crippen molar-refractivity contribution in [1.82, 2.24) is 0 Å². The summed E-state index contributed by atoms with van der Waals surface area (Å²) in [6.45, 7) is 0. The lowest BCUT2D eigenvalue weighted by Gasteiger charge is -2.08. The fourth-order valence-electron chi connectivity index (χ4n) is 1.65.